The highest BCUT2D eigenvalue weighted by Crippen LogP contribution is 2.30. The highest BCUT2D eigenvalue weighted by molar-refractivity contribution is 6.14. The molecule has 0 saturated carbocycles. The zero-order chi connectivity index (χ0) is 13.3. The molecule has 0 atom stereocenters. The number of hydrogen-bond acceptors (Lipinski definition) is 3. The molecular weight excluding hydrogens is 246 g/mol. The second-order valence-corrected chi connectivity index (χ2v) is 2.62. The summed E-state index contributed by atoms with van der Waals surface area (Å²) in [7, 11) is 0. The first-order valence-corrected chi connectivity index (χ1v) is 3.52. The second-order valence-electron chi connectivity index (χ2n) is 2.62. The van der Waals surface area contributed by atoms with Crippen molar-refractivity contribution in [2.24, 2.45) is 0 Å². The van der Waals surface area contributed by atoms with Gasteiger partial charge in [-0.2, -0.15) is 26.3 Å². The Bertz CT molecular complexity index is 354. The van der Waals surface area contributed by atoms with Gasteiger partial charge < -0.3 is 5.11 Å². The number of alkyl halides is 5. The molecule has 0 aliphatic heterocycles. The Morgan fingerprint density at radius 1 is 1.06 bits per heavy atom. The minimum absolute atomic E-state index is 0.190. The summed E-state index contributed by atoms with van der Waals surface area (Å²) >= 11 is 0. The van der Waals surface area contributed by atoms with Crippen LogP contribution in [0.5, 0.6) is 0 Å². The number of halogens is 6. The molecule has 0 aromatic carbocycles. The van der Waals surface area contributed by atoms with Crippen molar-refractivity contribution in [3.8, 4) is 0 Å². The smallest absolute Gasteiger partial charge is 0.451 e. The molecule has 92 valence electrons. The van der Waals surface area contributed by atoms with E-state index in [1.54, 1.807) is 0 Å². The van der Waals surface area contributed by atoms with Gasteiger partial charge in [-0.05, 0) is 0 Å². The first-order chi connectivity index (χ1) is 6.92. The summed E-state index contributed by atoms with van der Waals surface area (Å²) in [6.07, 6.45) is -5.69. The number of allylic oxidation sites excluding steroid dienone is 2. The normalized spacial score (nSPS) is 14.4. The van der Waals surface area contributed by atoms with Crippen LogP contribution in [0.25, 0.3) is 0 Å². The van der Waals surface area contributed by atoms with E-state index < -0.39 is 35.3 Å². The first kappa shape index (κ1) is 14.5. The summed E-state index contributed by atoms with van der Waals surface area (Å²) in [6, 6.07) is 0. The summed E-state index contributed by atoms with van der Waals surface area (Å²) in [5.41, 5.74) is 0. The number of Topliss-reactive ketones (excluding diaryl/α,β-unsaturated/α-hetero) is 2. The molecule has 0 saturated heterocycles. The van der Waals surface area contributed by atoms with Gasteiger partial charge in [0.2, 0.25) is 17.4 Å². The van der Waals surface area contributed by atoms with E-state index in [1.165, 1.54) is 0 Å². The van der Waals surface area contributed by atoms with Crippen molar-refractivity contribution in [1.29, 1.82) is 0 Å². The topological polar surface area (TPSA) is 54.4 Å². The number of aliphatic hydroxyl groups is 1. The lowest BCUT2D eigenvalue weighted by Gasteiger charge is -2.11. The Morgan fingerprint density at radius 3 is 1.69 bits per heavy atom. The fraction of sp³-hybridized carbons (Fsp3) is 0.429. The predicted octanol–water partition coefficient (Wildman–Crippen LogP) is 2.08. The van der Waals surface area contributed by atoms with Crippen molar-refractivity contribution in [3.05, 3.63) is 11.6 Å². The molecule has 0 radical (unpaired) electrons. The molecule has 0 aliphatic rings. The molecule has 0 aliphatic carbocycles. The van der Waals surface area contributed by atoms with Crippen molar-refractivity contribution >= 4 is 11.6 Å². The zero-order valence-electron chi connectivity index (χ0n) is 7.53. The fourth-order valence-corrected chi connectivity index (χ4v) is 0.530. The van der Waals surface area contributed by atoms with Crippen LogP contribution in [0.1, 0.15) is 6.92 Å². The summed E-state index contributed by atoms with van der Waals surface area (Å²) in [4.78, 5) is 20.6. The number of carbonyl (C=O) groups is 2. The van der Waals surface area contributed by atoms with Crippen molar-refractivity contribution in [2.45, 2.75) is 19.0 Å². The Hall–Kier alpha value is -1.54. The van der Waals surface area contributed by atoms with Crippen LogP contribution in [0, 0.1) is 0 Å². The van der Waals surface area contributed by atoms with Gasteiger partial charge in [-0.25, -0.2) is 0 Å². The lowest BCUT2D eigenvalue weighted by atomic mass is 10.1. The zero-order valence-corrected chi connectivity index (χ0v) is 7.53. The molecule has 0 aromatic heterocycles. The van der Waals surface area contributed by atoms with Crippen LogP contribution >= 0.6 is 0 Å². The standard InChI is InChI=1S/C7H4F6O3/c1-2(14)6(9,10)4(15)3(8)5(16)7(11,12)13/h16H,1H3/b5-3+. The van der Waals surface area contributed by atoms with E-state index in [-0.39, 0.29) is 6.92 Å². The molecule has 0 aromatic rings. The largest absolute Gasteiger partial charge is 0.502 e. The molecule has 3 nitrogen and oxygen atoms in total. The number of aliphatic hydroxyl groups excluding tert-OH is 1. The molecule has 1 N–H and O–H groups in total. The molecule has 0 unspecified atom stereocenters. The Labute approximate surface area is 84.3 Å². The maximum Gasteiger partial charge on any atom is 0.451 e. The van der Waals surface area contributed by atoms with Gasteiger partial charge in [0.25, 0.3) is 5.78 Å². The summed E-state index contributed by atoms with van der Waals surface area (Å²) in [6.45, 7) is 0.190. The Kier molecular flexibility index (Phi) is 3.74. The minimum Gasteiger partial charge on any atom is -0.502 e. The van der Waals surface area contributed by atoms with E-state index in [4.69, 9.17) is 5.11 Å². The lowest BCUT2D eigenvalue weighted by molar-refractivity contribution is -0.156. The molecule has 9 heteroatoms. The summed E-state index contributed by atoms with van der Waals surface area (Å²) in [5, 5.41) is 8.08. The number of carbonyl (C=O) groups excluding carboxylic acids is 2. The van der Waals surface area contributed by atoms with Crippen molar-refractivity contribution in [1.82, 2.24) is 0 Å². The lowest BCUT2D eigenvalue weighted by Crippen LogP contribution is -2.37. The molecule has 16 heavy (non-hydrogen) atoms. The van der Waals surface area contributed by atoms with E-state index in [0.29, 0.717) is 0 Å². The number of hydrogen-bond donors (Lipinski definition) is 1. The minimum atomic E-state index is -5.69. The van der Waals surface area contributed by atoms with Crippen LogP contribution in [0.2, 0.25) is 0 Å². The Morgan fingerprint density at radius 2 is 1.44 bits per heavy atom. The van der Waals surface area contributed by atoms with E-state index in [2.05, 4.69) is 0 Å². The predicted molar refractivity (Wildman–Crippen MR) is 37.5 cm³/mol. The monoisotopic (exact) mass is 250 g/mol. The maximum absolute atomic E-state index is 12.5. The molecule has 0 fully saturated rings. The van der Waals surface area contributed by atoms with Crippen molar-refractivity contribution < 1.29 is 41.0 Å². The van der Waals surface area contributed by atoms with Gasteiger partial charge in [-0.3, -0.25) is 9.59 Å². The SMILES string of the molecule is CC(=O)C(F)(F)C(=O)/C(F)=C(\O)C(F)(F)F. The third kappa shape index (κ3) is 2.74. The number of rotatable bonds is 3. The molecule has 0 heterocycles. The molecular formula is C7H4F6O3. The van der Waals surface area contributed by atoms with Gasteiger partial charge in [0.1, 0.15) is 0 Å². The van der Waals surface area contributed by atoms with Gasteiger partial charge >= 0.3 is 12.1 Å². The van der Waals surface area contributed by atoms with Crippen molar-refractivity contribution in [2.75, 3.05) is 0 Å². The van der Waals surface area contributed by atoms with Crippen molar-refractivity contribution in [3.63, 3.8) is 0 Å². The highest BCUT2D eigenvalue weighted by Gasteiger charge is 2.50. The Balaban J connectivity index is 5.40. The van der Waals surface area contributed by atoms with Gasteiger partial charge in [0.15, 0.2) is 0 Å². The number of ketones is 2. The molecule has 0 rings (SSSR count). The van der Waals surface area contributed by atoms with Gasteiger partial charge in [0.05, 0.1) is 0 Å². The average molecular weight is 250 g/mol. The summed E-state index contributed by atoms with van der Waals surface area (Å²) in [5.74, 6) is -16.3. The molecule has 0 amide bonds. The van der Waals surface area contributed by atoms with Crippen LogP contribution in [0.15, 0.2) is 11.6 Å². The van der Waals surface area contributed by atoms with Gasteiger partial charge in [0, 0.05) is 6.92 Å². The van der Waals surface area contributed by atoms with Crippen LogP contribution in [0.3, 0.4) is 0 Å². The van der Waals surface area contributed by atoms with Crippen LogP contribution < -0.4 is 0 Å². The van der Waals surface area contributed by atoms with Crippen LogP contribution in [-0.2, 0) is 9.59 Å². The third-order valence-corrected chi connectivity index (χ3v) is 1.40. The van der Waals surface area contributed by atoms with Crippen LogP contribution in [0.4, 0.5) is 26.3 Å². The maximum atomic E-state index is 12.5. The highest BCUT2D eigenvalue weighted by atomic mass is 19.4. The van der Waals surface area contributed by atoms with E-state index >= 15 is 0 Å². The molecule has 0 bridgehead atoms. The molecule has 0 spiro atoms. The van der Waals surface area contributed by atoms with E-state index in [1.807, 2.05) is 0 Å². The van der Waals surface area contributed by atoms with E-state index in [0.717, 1.165) is 0 Å². The van der Waals surface area contributed by atoms with Gasteiger partial charge in [-0.15, -0.1) is 0 Å². The van der Waals surface area contributed by atoms with E-state index in [9.17, 15) is 35.9 Å². The quantitative estimate of drug-likeness (QED) is 0.361. The fourth-order valence-electron chi connectivity index (χ4n) is 0.530. The summed E-state index contributed by atoms with van der Waals surface area (Å²) < 4.78 is 72.3. The second kappa shape index (κ2) is 4.14. The first-order valence-electron chi connectivity index (χ1n) is 3.52. The van der Waals surface area contributed by atoms with Gasteiger partial charge in [-0.1, -0.05) is 0 Å². The third-order valence-electron chi connectivity index (χ3n) is 1.40. The van der Waals surface area contributed by atoms with Crippen LogP contribution in [-0.4, -0.2) is 28.8 Å². The average Bonchev–Trinajstić information content (AvgIpc) is 2.12.